The van der Waals surface area contributed by atoms with Crippen molar-refractivity contribution < 1.29 is 24.5 Å². The van der Waals surface area contributed by atoms with Gasteiger partial charge >= 0.3 is 0 Å². The van der Waals surface area contributed by atoms with Crippen LogP contribution in [-0.2, 0) is 16.1 Å². The van der Waals surface area contributed by atoms with Gasteiger partial charge in [0.1, 0.15) is 28.8 Å². The van der Waals surface area contributed by atoms with Crippen molar-refractivity contribution in [1.29, 1.82) is 0 Å². The second-order valence-electron chi connectivity index (χ2n) is 10.6. The highest BCUT2D eigenvalue weighted by Gasteiger charge is 2.54. The first-order valence-electron chi connectivity index (χ1n) is 13.3. The Balaban J connectivity index is 1.39. The number of nitrogens with one attached hydrogen (secondary N) is 1. The number of phenolic OH excluding ortho intramolecular Hbond substituents is 1. The Labute approximate surface area is 219 Å². The van der Waals surface area contributed by atoms with Crippen molar-refractivity contribution >= 4 is 11.8 Å². The van der Waals surface area contributed by atoms with E-state index >= 15 is 0 Å². The van der Waals surface area contributed by atoms with Crippen LogP contribution in [0.3, 0.4) is 0 Å². The van der Waals surface area contributed by atoms with Crippen molar-refractivity contribution in [3.63, 3.8) is 0 Å². The maximum Gasteiger partial charge on any atom is 0.248 e. The lowest BCUT2D eigenvalue weighted by Crippen LogP contribution is -2.74. The minimum Gasteiger partial charge on any atom is -0.508 e. The van der Waals surface area contributed by atoms with Crippen LogP contribution in [-0.4, -0.2) is 69.1 Å². The molecule has 0 aliphatic carbocycles. The number of ether oxygens (including phenoxy) is 1. The van der Waals surface area contributed by atoms with Gasteiger partial charge in [0.05, 0.1) is 6.10 Å². The van der Waals surface area contributed by atoms with Gasteiger partial charge in [-0.25, -0.2) is 0 Å². The van der Waals surface area contributed by atoms with Gasteiger partial charge in [0, 0.05) is 26.2 Å². The van der Waals surface area contributed by atoms with E-state index in [1.54, 1.807) is 29.2 Å². The molecule has 0 radical (unpaired) electrons. The van der Waals surface area contributed by atoms with Crippen molar-refractivity contribution in [3.05, 3.63) is 54.1 Å². The third-order valence-corrected chi connectivity index (χ3v) is 7.60. The van der Waals surface area contributed by atoms with Crippen molar-refractivity contribution in [1.82, 2.24) is 15.1 Å². The van der Waals surface area contributed by atoms with E-state index in [-0.39, 0.29) is 23.5 Å². The molecule has 1 spiro atoms. The summed E-state index contributed by atoms with van der Waals surface area (Å²) >= 11 is 0. The van der Waals surface area contributed by atoms with Gasteiger partial charge in [0.2, 0.25) is 11.8 Å². The fourth-order valence-corrected chi connectivity index (χ4v) is 5.24. The van der Waals surface area contributed by atoms with E-state index in [0.29, 0.717) is 44.0 Å². The van der Waals surface area contributed by atoms with Crippen LogP contribution in [0.4, 0.5) is 0 Å². The zero-order chi connectivity index (χ0) is 26.6. The van der Waals surface area contributed by atoms with E-state index in [4.69, 9.17) is 4.74 Å². The number of aliphatic hydroxyl groups excluding tert-OH is 1. The fourth-order valence-electron chi connectivity index (χ4n) is 5.24. The Kier molecular flexibility index (Phi) is 8.39. The molecule has 2 amide bonds. The number of hydrogen-bond donors (Lipinski definition) is 3. The third kappa shape index (κ3) is 5.91. The quantitative estimate of drug-likeness (QED) is 0.477. The van der Waals surface area contributed by atoms with Gasteiger partial charge in [-0.3, -0.25) is 14.5 Å². The molecule has 37 heavy (non-hydrogen) atoms. The Morgan fingerprint density at radius 3 is 2.19 bits per heavy atom. The molecule has 2 heterocycles. The summed E-state index contributed by atoms with van der Waals surface area (Å²) in [5.41, 5.74) is 0.291. The molecule has 2 aliphatic heterocycles. The number of hydrogen-bond acceptors (Lipinski definition) is 6. The molecule has 0 unspecified atom stereocenters. The highest BCUT2D eigenvalue weighted by Crippen LogP contribution is 2.35. The summed E-state index contributed by atoms with van der Waals surface area (Å²) in [5.74, 6) is 1.14. The van der Waals surface area contributed by atoms with Gasteiger partial charge in [0.25, 0.3) is 0 Å². The first-order chi connectivity index (χ1) is 17.7. The normalized spacial score (nSPS) is 20.8. The second kappa shape index (κ2) is 11.5. The maximum atomic E-state index is 13.5. The number of aliphatic hydroxyl groups is 1. The Morgan fingerprint density at radius 1 is 1.03 bits per heavy atom. The van der Waals surface area contributed by atoms with Crippen LogP contribution in [0, 0.1) is 5.92 Å². The summed E-state index contributed by atoms with van der Waals surface area (Å²) in [6, 6.07) is 13.6. The molecule has 8 nitrogen and oxygen atoms in total. The number of piperidine rings is 1. The largest absolute Gasteiger partial charge is 0.508 e. The van der Waals surface area contributed by atoms with E-state index < -0.39 is 17.7 Å². The molecule has 0 saturated carbocycles. The average molecular weight is 510 g/mol. The van der Waals surface area contributed by atoms with E-state index in [0.717, 1.165) is 24.9 Å². The lowest BCUT2D eigenvalue weighted by Gasteiger charge is -2.52. The van der Waals surface area contributed by atoms with E-state index in [9.17, 15) is 19.8 Å². The van der Waals surface area contributed by atoms with Gasteiger partial charge in [-0.15, -0.1) is 0 Å². The molecule has 2 fully saturated rings. The summed E-state index contributed by atoms with van der Waals surface area (Å²) in [7, 11) is 0. The highest BCUT2D eigenvalue weighted by molar-refractivity contribution is 6.00. The summed E-state index contributed by atoms with van der Waals surface area (Å²) in [4.78, 5) is 31.0. The van der Waals surface area contributed by atoms with Gasteiger partial charge in [-0.05, 0) is 67.1 Å². The van der Waals surface area contributed by atoms with Crippen LogP contribution in [0.2, 0.25) is 0 Å². The Morgan fingerprint density at radius 2 is 1.62 bits per heavy atom. The summed E-state index contributed by atoms with van der Waals surface area (Å²) < 4.78 is 5.84. The molecular weight excluding hydrogens is 470 g/mol. The average Bonchev–Trinajstić information content (AvgIpc) is 2.89. The van der Waals surface area contributed by atoms with Gasteiger partial charge in [-0.1, -0.05) is 39.3 Å². The van der Waals surface area contributed by atoms with Crippen molar-refractivity contribution in [2.75, 3.05) is 19.6 Å². The zero-order valence-corrected chi connectivity index (χ0v) is 22.0. The number of piperazine rings is 1. The van der Waals surface area contributed by atoms with Crippen molar-refractivity contribution in [2.45, 2.75) is 70.7 Å². The van der Waals surface area contributed by atoms with Gasteiger partial charge in [-0.2, -0.15) is 0 Å². The molecule has 4 rings (SSSR count). The monoisotopic (exact) mass is 509 g/mol. The molecule has 0 aromatic heterocycles. The summed E-state index contributed by atoms with van der Waals surface area (Å²) in [6.07, 6.45) is 1.99. The van der Waals surface area contributed by atoms with Crippen LogP contribution < -0.4 is 10.1 Å². The van der Waals surface area contributed by atoms with Gasteiger partial charge in [0.15, 0.2) is 0 Å². The topological polar surface area (TPSA) is 102 Å². The highest BCUT2D eigenvalue weighted by atomic mass is 16.5. The zero-order valence-electron chi connectivity index (χ0n) is 22.0. The van der Waals surface area contributed by atoms with Crippen LogP contribution in [0.1, 0.15) is 52.0 Å². The van der Waals surface area contributed by atoms with Crippen molar-refractivity contribution in [2.24, 2.45) is 5.92 Å². The number of unbranched alkanes of at least 4 members (excludes halogenated alkanes) is 1. The first-order valence-corrected chi connectivity index (χ1v) is 13.3. The molecule has 8 heteroatoms. The molecule has 2 aliphatic rings. The molecule has 3 N–H and O–H groups in total. The Bertz CT molecular complexity index is 1060. The van der Waals surface area contributed by atoms with E-state index in [1.165, 1.54) is 0 Å². The summed E-state index contributed by atoms with van der Waals surface area (Å²) in [6.45, 7) is 8.47. The number of phenols is 1. The smallest absolute Gasteiger partial charge is 0.248 e. The number of rotatable bonds is 9. The SMILES string of the molecule is CCCCN1C(=O)[C@@H]([C@H](O)C(C)C)NC(=O)C12CCN(Cc1ccc(Oc3ccc(O)cc3)cc1)CC2. The Hall–Kier alpha value is -3.10. The molecule has 2 saturated heterocycles. The molecule has 200 valence electrons. The predicted octanol–water partition coefficient (Wildman–Crippen LogP) is 3.66. The molecule has 2 aromatic rings. The van der Waals surface area contributed by atoms with Crippen molar-refractivity contribution in [3.8, 4) is 17.2 Å². The van der Waals surface area contributed by atoms with Crippen LogP contribution in [0.25, 0.3) is 0 Å². The molecule has 2 aromatic carbocycles. The molecule has 0 bridgehead atoms. The fraction of sp³-hybridized carbons (Fsp3) is 0.517. The maximum absolute atomic E-state index is 13.5. The number of amides is 2. The number of carbonyl (C=O) groups is 2. The molecular formula is C29H39N3O5. The van der Waals surface area contributed by atoms with Crippen LogP contribution in [0.5, 0.6) is 17.2 Å². The third-order valence-electron chi connectivity index (χ3n) is 7.60. The standard InChI is InChI=1S/C29H39N3O5/c1-4-5-16-32-27(35)25(26(34)20(2)3)30-28(36)29(32)14-17-31(18-15-29)19-21-6-10-23(11-7-21)37-24-12-8-22(33)9-13-24/h6-13,20,25-26,33-34H,4-5,14-19H2,1-3H3,(H,30,36)/t25-,26-/m1/s1. The number of aromatic hydroxyl groups is 1. The second-order valence-corrected chi connectivity index (χ2v) is 10.6. The summed E-state index contributed by atoms with van der Waals surface area (Å²) in [5, 5.41) is 22.9. The number of carbonyl (C=O) groups excluding carboxylic acids is 2. The number of likely N-dealkylation sites (tertiary alicyclic amines) is 1. The lowest BCUT2D eigenvalue weighted by molar-refractivity contribution is -0.165. The van der Waals surface area contributed by atoms with E-state index in [2.05, 4.69) is 17.1 Å². The van der Waals surface area contributed by atoms with Crippen LogP contribution in [0.15, 0.2) is 48.5 Å². The van der Waals surface area contributed by atoms with Gasteiger partial charge < -0.3 is 25.2 Å². The number of benzene rings is 2. The minimum absolute atomic E-state index is 0.129. The minimum atomic E-state index is -0.904. The lowest BCUT2D eigenvalue weighted by atomic mass is 9.80. The number of nitrogens with zero attached hydrogens (tertiary/aromatic N) is 2. The first kappa shape index (κ1) is 26.9. The van der Waals surface area contributed by atoms with E-state index in [1.807, 2.05) is 38.1 Å². The predicted molar refractivity (Wildman–Crippen MR) is 141 cm³/mol. The van der Waals surface area contributed by atoms with Crippen LogP contribution >= 0.6 is 0 Å². The molecule has 2 atom stereocenters.